The molecule has 1 aliphatic carbocycles. The molecule has 2 unspecified atom stereocenters. The summed E-state index contributed by atoms with van der Waals surface area (Å²) in [6.45, 7) is 2.25. The Morgan fingerprint density at radius 3 is 2.52 bits per heavy atom. The normalized spacial score (nSPS) is 17.6. The third kappa shape index (κ3) is 3.62. The number of anilines is 3. The minimum Gasteiger partial charge on any atom is -0.384 e. The van der Waals surface area contributed by atoms with Gasteiger partial charge < -0.3 is 27.1 Å². The average Bonchev–Trinajstić information content (AvgIpc) is 3.39. The topological polar surface area (TPSA) is 155 Å². The molecule has 0 aliphatic heterocycles. The Hall–Kier alpha value is -3.17. The van der Waals surface area contributed by atoms with Gasteiger partial charge in [-0.15, -0.1) is 12.4 Å². The van der Waals surface area contributed by atoms with Gasteiger partial charge in [0.15, 0.2) is 5.65 Å². The van der Waals surface area contributed by atoms with Crippen molar-refractivity contribution >= 4 is 46.8 Å². The molecule has 0 bridgehead atoms. The van der Waals surface area contributed by atoms with Crippen molar-refractivity contribution in [1.29, 1.82) is 0 Å². The number of hydrogen-bond donors (Lipinski definition) is 4. The number of fused-ring (bicyclic) bond motifs is 1. The number of nitrogens with zero attached hydrogens (tertiary/aromatic N) is 3. The summed E-state index contributed by atoms with van der Waals surface area (Å²) in [6.07, 6.45) is 2.40. The number of aryl methyl sites for hydroxylation is 1. The van der Waals surface area contributed by atoms with Crippen LogP contribution in [-0.4, -0.2) is 26.5 Å². The molecular formula is C19H22ClN7O2. The molecule has 1 aromatic carbocycles. The van der Waals surface area contributed by atoms with Crippen LogP contribution in [0.15, 0.2) is 35.3 Å². The van der Waals surface area contributed by atoms with E-state index in [-0.39, 0.29) is 35.2 Å². The van der Waals surface area contributed by atoms with Crippen LogP contribution in [0, 0.1) is 0 Å². The lowest BCUT2D eigenvalue weighted by Gasteiger charge is -2.14. The van der Waals surface area contributed by atoms with Crippen molar-refractivity contribution in [2.24, 2.45) is 11.5 Å². The predicted molar refractivity (Wildman–Crippen MR) is 115 cm³/mol. The van der Waals surface area contributed by atoms with Crippen molar-refractivity contribution in [3.8, 4) is 0 Å². The molecule has 0 radical (unpaired) electrons. The van der Waals surface area contributed by atoms with Gasteiger partial charge in [0.25, 0.3) is 5.91 Å². The number of nitrogens with two attached hydrogens (primary N) is 3. The van der Waals surface area contributed by atoms with Crippen LogP contribution >= 0.6 is 12.4 Å². The zero-order valence-corrected chi connectivity index (χ0v) is 16.6. The molecule has 2 aromatic heterocycles. The van der Waals surface area contributed by atoms with E-state index in [4.69, 9.17) is 17.2 Å². The first-order valence-electron chi connectivity index (χ1n) is 9.02. The second-order valence-electron chi connectivity index (χ2n) is 6.88. The third-order valence-corrected chi connectivity index (χ3v) is 5.04. The average molecular weight is 416 g/mol. The van der Waals surface area contributed by atoms with E-state index >= 15 is 0 Å². The Morgan fingerprint density at radius 2 is 1.97 bits per heavy atom. The molecule has 0 saturated heterocycles. The molecule has 1 fully saturated rings. The van der Waals surface area contributed by atoms with Gasteiger partial charge in [-0.05, 0) is 31.0 Å². The summed E-state index contributed by atoms with van der Waals surface area (Å²) in [6, 6.07) is 8.18. The van der Waals surface area contributed by atoms with Crippen LogP contribution in [0.5, 0.6) is 0 Å². The van der Waals surface area contributed by atoms with E-state index in [1.54, 1.807) is 4.57 Å². The summed E-state index contributed by atoms with van der Waals surface area (Å²) in [5.74, 6) is -0.116. The molecule has 152 valence electrons. The number of hydrogen-bond acceptors (Lipinski definition) is 7. The number of primary amides is 1. The lowest BCUT2D eigenvalue weighted by atomic mass is 10.1. The first-order valence-corrected chi connectivity index (χ1v) is 9.02. The van der Waals surface area contributed by atoms with Crippen LogP contribution < -0.4 is 27.9 Å². The van der Waals surface area contributed by atoms with E-state index in [2.05, 4.69) is 15.3 Å². The van der Waals surface area contributed by atoms with Gasteiger partial charge >= 0.3 is 0 Å². The predicted octanol–water partition coefficient (Wildman–Crippen LogP) is 1.47. The van der Waals surface area contributed by atoms with E-state index in [1.165, 1.54) is 11.8 Å². The Kier molecular flexibility index (Phi) is 5.45. The van der Waals surface area contributed by atoms with Crippen molar-refractivity contribution in [2.45, 2.75) is 31.8 Å². The monoisotopic (exact) mass is 415 g/mol. The maximum Gasteiger partial charge on any atom is 0.256 e. The molecule has 29 heavy (non-hydrogen) atoms. The highest BCUT2D eigenvalue weighted by molar-refractivity contribution is 6.00. The number of halogens is 1. The zero-order valence-electron chi connectivity index (χ0n) is 15.8. The van der Waals surface area contributed by atoms with Crippen molar-refractivity contribution in [3.05, 3.63) is 51.8 Å². The third-order valence-electron chi connectivity index (χ3n) is 5.04. The molecule has 3 aromatic rings. The second-order valence-corrected chi connectivity index (χ2v) is 6.88. The van der Waals surface area contributed by atoms with Crippen molar-refractivity contribution < 1.29 is 4.79 Å². The van der Waals surface area contributed by atoms with Crippen LogP contribution in [-0.2, 0) is 6.54 Å². The molecule has 4 rings (SSSR count). The molecule has 1 saturated carbocycles. The van der Waals surface area contributed by atoms with Gasteiger partial charge in [-0.1, -0.05) is 12.1 Å². The van der Waals surface area contributed by atoms with E-state index in [0.717, 1.165) is 12.1 Å². The second kappa shape index (κ2) is 7.69. The van der Waals surface area contributed by atoms with E-state index < -0.39 is 11.3 Å². The maximum absolute atomic E-state index is 12.6. The minimum absolute atomic E-state index is 0. The number of nitrogens with one attached hydrogen (secondary N) is 1. The number of carbonyl (C=O) groups excluding carboxylic acids is 1. The fraction of sp³-hybridized carbons (Fsp3) is 0.263. The van der Waals surface area contributed by atoms with E-state index in [9.17, 15) is 9.59 Å². The Balaban J connectivity index is 0.00000240. The molecule has 1 aliphatic rings. The fourth-order valence-corrected chi connectivity index (χ4v) is 3.40. The van der Waals surface area contributed by atoms with E-state index in [0.29, 0.717) is 24.1 Å². The van der Waals surface area contributed by atoms with Gasteiger partial charge in [0.2, 0.25) is 11.4 Å². The summed E-state index contributed by atoms with van der Waals surface area (Å²) in [4.78, 5) is 32.8. The molecule has 9 nitrogen and oxygen atoms in total. The molecule has 7 N–H and O–H groups in total. The van der Waals surface area contributed by atoms with Crippen LogP contribution in [0.25, 0.3) is 11.0 Å². The van der Waals surface area contributed by atoms with E-state index in [1.807, 2.05) is 31.2 Å². The highest BCUT2D eigenvalue weighted by atomic mass is 35.5. The number of nitrogen functional groups attached to an aromatic ring is 1. The van der Waals surface area contributed by atoms with Crippen LogP contribution in [0.4, 0.5) is 17.5 Å². The SMILES string of the molecule is CCn1c(N)c(C(N)=O)c(=O)c2cnc(Nc3ccc(C4CC4N)cc3)nc21.Cl. The van der Waals surface area contributed by atoms with Gasteiger partial charge in [0.1, 0.15) is 11.4 Å². The van der Waals surface area contributed by atoms with Crippen molar-refractivity contribution in [2.75, 3.05) is 11.1 Å². The maximum atomic E-state index is 12.6. The molecule has 2 atom stereocenters. The van der Waals surface area contributed by atoms with Crippen LogP contribution in [0.3, 0.4) is 0 Å². The number of aromatic nitrogens is 3. The van der Waals surface area contributed by atoms with Crippen molar-refractivity contribution in [3.63, 3.8) is 0 Å². The fourth-order valence-electron chi connectivity index (χ4n) is 3.40. The van der Waals surface area contributed by atoms with Crippen LogP contribution in [0.1, 0.15) is 35.2 Å². The number of rotatable bonds is 5. The Labute approximate surface area is 172 Å². The van der Waals surface area contributed by atoms with Gasteiger partial charge in [0.05, 0.1) is 5.39 Å². The molecular weight excluding hydrogens is 394 g/mol. The Bertz CT molecular complexity index is 1140. The van der Waals surface area contributed by atoms with Crippen LogP contribution in [0.2, 0.25) is 0 Å². The minimum atomic E-state index is -0.871. The summed E-state index contributed by atoms with van der Waals surface area (Å²) in [5.41, 5.74) is 18.8. The van der Waals surface area contributed by atoms with Gasteiger partial charge in [-0.2, -0.15) is 4.98 Å². The summed E-state index contributed by atoms with van der Waals surface area (Å²) < 4.78 is 1.57. The smallest absolute Gasteiger partial charge is 0.256 e. The van der Waals surface area contributed by atoms with Gasteiger partial charge in [0, 0.05) is 30.4 Å². The zero-order chi connectivity index (χ0) is 20.0. The van der Waals surface area contributed by atoms with Crippen molar-refractivity contribution in [1.82, 2.24) is 14.5 Å². The number of carbonyl (C=O) groups is 1. The quantitative estimate of drug-likeness (QED) is 0.491. The summed E-state index contributed by atoms with van der Waals surface area (Å²) >= 11 is 0. The van der Waals surface area contributed by atoms with Gasteiger partial charge in [-0.3, -0.25) is 9.59 Å². The van der Waals surface area contributed by atoms with Gasteiger partial charge in [-0.25, -0.2) is 4.98 Å². The molecule has 10 heteroatoms. The number of benzene rings is 1. The largest absolute Gasteiger partial charge is 0.384 e. The first kappa shape index (κ1) is 20.6. The lowest BCUT2D eigenvalue weighted by molar-refractivity contribution is 0.1000. The molecule has 1 amide bonds. The Morgan fingerprint density at radius 1 is 1.31 bits per heavy atom. The number of amides is 1. The molecule has 0 spiro atoms. The first-order chi connectivity index (χ1) is 13.4. The highest BCUT2D eigenvalue weighted by Crippen LogP contribution is 2.39. The highest BCUT2D eigenvalue weighted by Gasteiger charge is 2.34. The number of pyridine rings is 1. The molecule has 2 heterocycles. The summed E-state index contributed by atoms with van der Waals surface area (Å²) in [5, 5.41) is 3.31. The lowest BCUT2D eigenvalue weighted by Crippen LogP contribution is -2.28. The summed E-state index contributed by atoms with van der Waals surface area (Å²) in [7, 11) is 0. The standard InChI is InChI=1S/C19H21N7O2.ClH/c1-2-26-16(21)14(17(22)28)15(27)12-8-23-19(25-18(12)26)24-10-5-3-9(4-6-10)11-7-13(11)20;/h3-6,8,11,13H,2,7,20-21H2,1H3,(H2,22,28)(H,23,24,25);1H.